The van der Waals surface area contributed by atoms with Crippen LogP contribution in [-0.2, 0) is 20.6 Å². The van der Waals surface area contributed by atoms with Gasteiger partial charge in [0.1, 0.15) is 18.3 Å². The lowest BCUT2D eigenvalue weighted by Gasteiger charge is -2.29. The van der Waals surface area contributed by atoms with E-state index in [-0.39, 0.29) is 6.61 Å². The molecule has 1 saturated heterocycles. The molecule has 5 heteroatoms. The van der Waals surface area contributed by atoms with Crippen LogP contribution in [-0.4, -0.2) is 54.1 Å². The maximum atomic E-state index is 10.5. The minimum atomic E-state index is -0.790. The van der Waals surface area contributed by atoms with Crippen molar-refractivity contribution in [3.05, 3.63) is 35.9 Å². The molecule has 1 fully saturated rings. The van der Waals surface area contributed by atoms with Gasteiger partial charge in [-0.1, -0.05) is 30.3 Å². The Morgan fingerprint density at radius 1 is 1.24 bits per heavy atom. The zero-order valence-electron chi connectivity index (χ0n) is 12.7. The summed E-state index contributed by atoms with van der Waals surface area (Å²) < 4.78 is 16.9. The number of methoxy groups -OCH3 is 1. The van der Waals surface area contributed by atoms with Crippen LogP contribution in [0, 0.1) is 0 Å². The van der Waals surface area contributed by atoms with Gasteiger partial charge in [0.25, 0.3) is 0 Å². The maximum absolute atomic E-state index is 10.5. The van der Waals surface area contributed by atoms with Gasteiger partial charge in [0.15, 0.2) is 5.79 Å². The average Bonchev–Trinajstić information content (AvgIpc) is 2.76. The van der Waals surface area contributed by atoms with Crippen molar-refractivity contribution in [3.8, 4) is 0 Å². The van der Waals surface area contributed by atoms with Gasteiger partial charge >= 0.3 is 0 Å². The lowest BCUT2D eigenvalue weighted by Crippen LogP contribution is -2.46. The highest BCUT2D eigenvalue weighted by Gasteiger charge is 2.47. The zero-order valence-corrected chi connectivity index (χ0v) is 12.7. The van der Waals surface area contributed by atoms with E-state index in [4.69, 9.17) is 14.2 Å². The predicted octanol–water partition coefficient (Wildman–Crippen LogP) is 1.12. The van der Waals surface area contributed by atoms with Gasteiger partial charge in [-0.25, -0.2) is 0 Å². The molecule has 1 heterocycles. The Bertz CT molecular complexity index is 434. The van der Waals surface area contributed by atoms with Crippen LogP contribution >= 0.6 is 0 Å². The van der Waals surface area contributed by atoms with Crippen molar-refractivity contribution in [2.75, 3.05) is 13.7 Å². The number of ether oxygens (including phenoxy) is 3. The fourth-order valence-electron chi connectivity index (χ4n) is 2.76. The van der Waals surface area contributed by atoms with Crippen molar-refractivity contribution in [1.29, 1.82) is 0 Å². The molecule has 0 aliphatic carbocycles. The Morgan fingerprint density at radius 3 is 2.48 bits per heavy atom. The summed E-state index contributed by atoms with van der Waals surface area (Å²) in [4.78, 5) is 0. The summed E-state index contributed by atoms with van der Waals surface area (Å²) >= 11 is 0. The van der Waals surface area contributed by atoms with Gasteiger partial charge in [-0.3, -0.25) is 0 Å². The monoisotopic (exact) mass is 296 g/mol. The summed E-state index contributed by atoms with van der Waals surface area (Å²) in [5.41, 5.74) is 1.02. The molecule has 1 aliphatic heterocycles. The van der Waals surface area contributed by atoms with Crippen molar-refractivity contribution < 1.29 is 24.4 Å². The van der Waals surface area contributed by atoms with Gasteiger partial charge in [-0.05, 0) is 19.4 Å². The van der Waals surface area contributed by atoms with Crippen LogP contribution in [0.1, 0.15) is 19.4 Å². The lowest BCUT2D eigenvalue weighted by molar-refractivity contribution is -0.166. The highest BCUT2D eigenvalue weighted by molar-refractivity contribution is 5.16. The van der Waals surface area contributed by atoms with Crippen LogP contribution < -0.4 is 0 Å². The topological polar surface area (TPSA) is 68.2 Å². The second kappa shape index (κ2) is 6.85. The second-order valence-electron chi connectivity index (χ2n) is 5.78. The van der Waals surface area contributed by atoms with E-state index in [0.717, 1.165) is 5.56 Å². The molecule has 4 atom stereocenters. The first-order valence-electron chi connectivity index (χ1n) is 7.18. The van der Waals surface area contributed by atoms with E-state index in [1.54, 1.807) is 13.8 Å². The van der Waals surface area contributed by atoms with Crippen molar-refractivity contribution in [3.63, 3.8) is 0 Å². The first kappa shape index (κ1) is 16.4. The van der Waals surface area contributed by atoms with Crippen molar-refractivity contribution in [1.82, 2.24) is 0 Å². The number of aliphatic hydroxyl groups excluding tert-OH is 2. The number of hydrogen-bond acceptors (Lipinski definition) is 5. The van der Waals surface area contributed by atoms with Gasteiger partial charge < -0.3 is 24.4 Å². The molecule has 1 aromatic carbocycles. The summed E-state index contributed by atoms with van der Waals surface area (Å²) in [5, 5.41) is 19.9. The third-order valence-electron chi connectivity index (χ3n) is 3.66. The minimum absolute atomic E-state index is 0.175. The zero-order chi connectivity index (χ0) is 15.5. The Labute approximate surface area is 125 Å². The Kier molecular flexibility index (Phi) is 5.35. The van der Waals surface area contributed by atoms with E-state index < -0.39 is 30.2 Å². The first-order chi connectivity index (χ1) is 9.96. The molecule has 0 unspecified atom stereocenters. The molecule has 0 radical (unpaired) electrons. The summed E-state index contributed by atoms with van der Waals surface area (Å²) in [6.45, 7) is 3.39. The van der Waals surface area contributed by atoms with Gasteiger partial charge in [0.2, 0.25) is 0 Å². The van der Waals surface area contributed by atoms with E-state index in [0.29, 0.717) is 6.42 Å². The molecular formula is C16H24O5. The minimum Gasteiger partial charge on any atom is -0.394 e. The summed E-state index contributed by atoms with van der Waals surface area (Å²) in [7, 11) is 1.53. The smallest absolute Gasteiger partial charge is 0.164 e. The molecule has 1 aromatic rings. The van der Waals surface area contributed by atoms with Crippen molar-refractivity contribution >= 4 is 0 Å². The van der Waals surface area contributed by atoms with E-state index in [1.165, 1.54) is 7.11 Å². The molecule has 0 bridgehead atoms. The van der Waals surface area contributed by atoms with Crippen LogP contribution in [0.25, 0.3) is 0 Å². The number of benzene rings is 1. The first-order valence-corrected chi connectivity index (χ1v) is 7.18. The van der Waals surface area contributed by atoms with Crippen LogP contribution in [0.2, 0.25) is 0 Å². The molecule has 5 nitrogen and oxygen atoms in total. The summed E-state index contributed by atoms with van der Waals surface area (Å²) in [6, 6.07) is 9.70. The standard InChI is InChI=1S/C16H24O5/c1-16(2)20-13(10-17)15(21-16)14(19-3)12(18)9-11-7-5-4-6-8-11/h4-8,12-15,17-18H,9-10H2,1-3H3/t12-,13+,14+,15+/m1/s1. The molecule has 0 spiro atoms. The third kappa shape index (κ3) is 4.02. The Hall–Kier alpha value is -0.980. The predicted molar refractivity (Wildman–Crippen MR) is 77.9 cm³/mol. The van der Waals surface area contributed by atoms with E-state index in [9.17, 15) is 10.2 Å². The second-order valence-corrected chi connectivity index (χ2v) is 5.78. The van der Waals surface area contributed by atoms with Crippen molar-refractivity contribution in [2.45, 2.75) is 50.5 Å². The fraction of sp³-hybridized carbons (Fsp3) is 0.625. The molecule has 2 rings (SSSR count). The molecule has 0 aromatic heterocycles. The Morgan fingerprint density at radius 2 is 1.90 bits per heavy atom. The van der Waals surface area contributed by atoms with E-state index in [2.05, 4.69) is 0 Å². The SMILES string of the molecule is CO[C@H]([C@H]1OC(C)(C)O[C@H]1CO)[C@H](O)Cc1ccccc1. The van der Waals surface area contributed by atoms with E-state index in [1.807, 2.05) is 30.3 Å². The fourth-order valence-corrected chi connectivity index (χ4v) is 2.76. The lowest BCUT2D eigenvalue weighted by atomic mass is 9.97. The largest absolute Gasteiger partial charge is 0.394 e. The molecule has 21 heavy (non-hydrogen) atoms. The highest BCUT2D eigenvalue weighted by Crippen LogP contribution is 2.32. The van der Waals surface area contributed by atoms with Crippen molar-refractivity contribution in [2.24, 2.45) is 0 Å². The van der Waals surface area contributed by atoms with Gasteiger partial charge in [-0.15, -0.1) is 0 Å². The van der Waals surface area contributed by atoms with Gasteiger partial charge in [0, 0.05) is 13.5 Å². The summed E-state index contributed by atoms with van der Waals surface area (Å²) in [6.07, 6.45) is -1.86. The quantitative estimate of drug-likeness (QED) is 0.823. The van der Waals surface area contributed by atoms with Gasteiger partial charge in [-0.2, -0.15) is 0 Å². The normalized spacial score (nSPS) is 27.5. The highest BCUT2D eigenvalue weighted by atomic mass is 16.8. The molecule has 0 amide bonds. The van der Waals surface area contributed by atoms with Gasteiger partial charge in [0.05, 0.1) is 12.7 Å². The van der Waals surface area contributed by atoms with Crippen LogP contribution in [0.5, 0.6) is 0 Å². The van der Waals surface area contributed by atoms with Crippen LogP contribution in [0.4, 0.5) is 0 Å². The molecule has 1 aliphatic rings. The molecule has 118 valence electrons. The molecule has 0 saturated carbocycles. The third-order valence-corrected chi connectivity index (χ3v) is 3.66. The van der Waals surface area contributed by atoms with Crippen LogP contribution in [0.3, 0.4) is 0 Å². The number of rotatable bonds is 6. The average molecular weight is 296 g/mol. The van der Waals surface area contributed by atoms with Crippen LogP contribution in [0.15, 0.2) is 30.3 Å². The Balaban J connectivity index is 2.08. The molecule has 2 N–H and O–H groups in total. The number of aliphatic hydroxyl groups is 2. The maximum Gasteiger partial charge on any atom is 0.164 e. The van der Waals surface area contributed by atoms with E-state index >= 15 is 0 Å². The number of hydrogen-bond donors (Lipinski definition) is 2. The summed E-state index contributed by atoms with van der Waals surface area (Å²) in [5.74, 6) is -0.790. The molecular weight excluding hydrogens is 272 g/mol.